The van der Waals surface area contributed by atoms with Gasteiger partial charge in [-0.2, -0.15) is 0 Å². The first-order valence-electron chi connectivity index (χ1n) is 11.1. The second-order valence-corrected chi connectivity index (χ2v) is 11.0. The molecule has 0 aromatic heterocycles. The number of anilines is 2. The van der Waals surface area contributed by atoms with Crippen LogP contribution in [0.2, 0.25) is 0 Å². The molecular formula is C28H26N2O3S2. The Morgan fingerprint density at radius 1 is 0.800 bits per heavy atom. The number of amides is 1. The zero-order valence-electron chi connectivity index (χ0n) is 19.4. The summed E-state index contributed by atoms with van der Waals surface area (Å²) in [5.41, 5.74) is 4.26. The van der Waals surface area contributed by atoms with Gasteiger partial charge in [-0.15, -0.1) is 11.8 Å². The zero-order chi connectivity index (χ0) is 24.8. The van der Waals surface area contributed by atoms with E-state index >= 15 is 0 Å². The van der Waals surface area contributed by atoms with Crippen molar-refractivity contribution < 1.29 is 13.2 Å². The third-order valence-corrected chi connectivity index (χ3v) is 8.06. The molecule has 0 aliphatic carbocycles. The molecule has 0 saturated heterocycles. The third kappa shape index (κ3) is 6.32. The predicted octanol–water partition coefficient (Wildman–Crippen LogP) is 6.58. The van der Waals surface area contributed by atoms with Crippen molar-refractivity contribution in [3.05, 3.63) is 120 Å². The Bertz CT molecular complexity index is 1410. The van der Waals surface area contributed by atoms with E-state index in [-0.39, 0.29) is 10.8 Å². The van der Waals surface area contributed by atoms with Crippen LogP contribution in [0.4, 0.5) is 11.4 Å². The second-order valence-electron chi connectivity index (χ2n) is 8.16. The van der Waals surface area contributed by atoms with Crippen molar-refractivity contribution in [1.82, 2.24) is 0 Å². The van der Waals surface area contributed by atoms with Gasteiger partial charge in [0.25, 0.3) is 10.0 Å². The molecule has 0 saturated carbocycles. The van der Waals surface area contributed by atoms with Gasteiger partial charge >= 0.3 is 0 Å². The molecule has 2 N–H and O–H groups in total. The van der Waals surface area contributed by atoms with E-state index in [1.54, 1.807) is 42.5 Å². The van der Waals surface area contributed by atoms with Crippen molar-refractivity contribution >= 4 is 39.1 Å². The highest BCUT2D eigenvalue weighted by molar-refractivity contribution is 8.00. The lowest BCUT2D eigenvalue weighted by Gasteiger charge is -2.18. The van der Waals surface area contributed by atoms with Crippen LogP contribution in [-0.4, -0.2) is 14.3 Å². The van der Waals surface area contributed by atoms with Gasteiger partial charge in [-0.05, 0) is 67.4 Å². The van der Waals surface area contributed by atoms with E-state index in [4.69, 9.17) is 0 Å². The molecule has 7 heteroatoms. The summed E-state index contributed by atoms with van der Waals surface area (Å²) in [5.74, 6) is -0.123. The van der Waals surface area contributed by atoms with Gasteiger partial charge in [0, 0.05) is 16.3 Å². The Balaban J connectivity index is 1.53. The van der Waals surface area contributed by atoms with Gasteiger partial charge in [-0.3, -0.25) is 9.52 Å². The maximum Gasteiger partial charge on any atom is 0.261 e. The van der Waals surface area contributed by atoms with Crippen LogP contribution in [0.25, 0.3) is 0 Å². The summed E-state index contributed by atoms with van der Waals surface area (Å²) in [6.45, 7) is 3.99. The highest BCUT2D eigenvalue weighted by Gasteiger charge is 2.23. The number of thioether (sulfide) groups is 1. The zero-order valence-corrected chi connectivity index (χ0v) is 21.1. The molecule has 4 aromatic carbocycles. The molecule has 0 radical (unpaired) electrons. The largest absolute Gasteiger partial charge is 0.325 e. The number of rotatable bonds is 8. The highest BCUT2D eigenvalue weighted by Crippen LogP contribution is 2.37. The maximum atomic E-state index is 13.3. The van der Waals surface area contributed by atoms with Gasteiger partial charge in [0.2, 0.25) is 5.91 Å². The number of carbonyl (C=O) groups is 1. The molecule has 35 heavy (non-hydrogen) atoms. The molecular weight excluding hydrogens is 476 g/mol. The van der Waals surface area contributed by atoms with E-state index in [2.05, 4.69) is 10.0 Å². The quantitative estimate of drug-likeness (QED) is 0.267. The molecule has 0 bridgehead atoms. The lowest BCUT2D eigenvalue weighted by Crippen LogP contribution is -2.19. The third-order valence-electron chi connectivity index (χ3n) is 5.39. The van der Waals surface area contributed by atoms with Crippen molar-refractivity contribution in [2.24, 2.45) is 0 Å². The smallest absolute Gasteiger partial charge is 0.261 e. The fraction of sp³-hybridized carbons (Fsp3) is 0.107. The van der Waals surface area contributed by atoms with Gasteiger partial charge < -0.3 is 5.32 Å². The number of carbonyl (C=O) groups excluding carboxylic acids is 1. The van der Waals surface area contributed by atoms with Gasteiger partial charge in [0.05, 0.1) is 4.90 Å². The topological polar surface area (TPSA) is 75.3 Å². The lowest BCUT2D eigenvalue weighted by atomic mass is 10.1. The van der Waals surface area contributed by atoms with Crippen molar-refractivity contribution in [2.75, 3.05) is 10.0 Å². The number of aryl methyl sites for hydroxylation is 2. The van der Waals surface area contributed by atoms with Crippen LogP contribution >= 0.6 is 11.8 Å². The molecule has 0 fully saturated rings. The van der Waals surface area contributed by atoms with Gasteiger partial charge in [-0.1, -0.05) is 66.2 Å². The van der Waals surface area contributed by atoms with Crippen molar-refractivity contribution in [2.45, 2.75) is 28.9 Å². The van der Waals surface area contributed by atoms with Crippen LogP contribution in [0.1, 0.15) is 21.9 Å². The fourth-order valence-electron chi connectivity index (χ4n) is 3.60. The van der Waals surface area contributed by atoms with Crippen LogP contribution in [0, 0.1) is 13.8 Å². The summed E-state index contributed by atoms with van der Waals surface area (Å²) in [5, 5.41) is 2.58. The molecule has 0 aliphatic heterocycles. The summed E-state index contributed by atoms with van der Waals surface area (Å²) in [6, 6.07) is 30.8. The first kappa shape index (κ1) is 24.6. The van der Waals surface area contributed by atoms with Gasteiger partial charge in [-0.25, -0.2) is 8.42 Å². The number of hydrogen-bond acceptors (Lipinski definition) is 4. The van der Waals surface area contributed by atoms with Crippen molar-refractivity contribution in [1.29, 1.82) is 0 Å². The number of benzene rings is 4. The normalized spacial score (nSPS) is 12.1. The lowest BCUT2D eigenvalue weighted by molar-refractivity contribution is -0.115. The summed E-state index contributed by atoms with van der Waals surface area (Å²) in [6.07, 6.45) is 0. The SMILES string of the molecule is Cc1ccc(NC(=O)C(Sc2ccc(NS(=O)(=O)c3ccccc3)cc2)c2ccccc2)c(C)c1. The first-order valence-corrected chi connectivity index (χ1v) is 13.5. The molecule has 1 unspecified atom stereocenters. The second kappa shape index (κ2) is 10.8. The minimum Gasteiger partial charge on any atom is -0.325 e. The van der Waals surface area contributed by atoms with Gasteiger partial charge in [0.1, 0.15) is 5.25 Å². The highest BCUT2D eigenvalue weighted by atomic mass is 32.2. The molecule has 4 rings (SSSR count). The molecule has 0 spiro atoms. The minimum absolute atomic E-state index is 0.123. The maximum absolute atomic E-state index is 13.3. The summed E-state index contributed by atoms with van der Waals surface area (Å²) in [7, 11) is -3.67. The minimum atomic E-state index is -3.67. The average Bonchev–Trinajstić information content (AvgIpc) is 2.86. The van der Waals surface area contributed by atoms with E-state index in [1.165, 1.54) is 11.8 Å². The molecule has 0 heterocycles. The molecule has 1 atom stereocenters. The van der Waals surface area contributed by atoms with E-state index in [0.717, 1.165) is 27.3 Å². The van der Waals surface area contributed by atoms with E-state index < -0.39 is 15.3 Å². The molecule has 4 aromatic rings. The van der Waals surface area contributed by atoms with Crippen LogP contribution in [0.15, 0.2) is 113 Å². The molecule has 178 valence electrons. The van der Waals surface area contributed by atoms with E-state index in [1.807, 2.05) is 74.5 Å². The Labute approximate surface area is 210 Å². The van der Waals surface area contributed by atoms with Crippen molar-refractivity contribution in [3.8, 4) is 0 Å². The van der Waals surface area contributed by atoms with Crippen LogP contribution in [-0.2, 0) is 14.8 Å². The monoisotopic (exact) mass is 502 g/mol. The van der Waals surface area contributed by atoms with E-state index in [0.29, 0.717) is 5.69 Å². The summed E-state index contributed by atoms with van der Waals surface area (Å²) >= 11 is 1.41. The average molecular weight is 503 g/mol. The van der Waals surface area contributed by atoms with Crippen molar-refractivity contribution in [3.63, 3.8) is 0 Å². The van der Waals surface area contributed by atoms with Crippen LogP contribution < -0.4 is 10.0 Å². The summed E-state index contributed by atoms with van der Waals surface area (Å²) in [4.78, 5) is 14.4. The molecule has 0 aliphatic rings. The number of hydrogen-bond donors (Lipinski definition) is 2. The van der Waals surface area contributed by atoms with E-state index in [9.17, 15) is 13.2 Å². The Morgan fingerprint density at radius 3 is 2.06 bits per heavy atom. The Hall–Kier alpha value is -3.55. The number of nitrogens with one attached hydrogen (secondary N) is 2. The molecule has 1 amide bonds. The predicted molar refractivity (Wildman–Crippen MR) is 143 cm³/mol. The number of sulfonamides is 1. The van der Waals surface area contributed by atoms with Crippen LogP contribution in [0.5, 0.6) is 0 Å². The fourth-order valence-corrected chi connectivity index (χ4v) is 5.71. The summed E-state index contributed by atoms with van der Waals surface area (Å²) < 4.78 is 27.8. The standard InChI is InChI=1S/C28H26N2O3S2/c1-20-13-18-26(21(2)19-20)29-28(31)27(22-9-5-3-6-10-22)34-24-16-14-23(15-17-24)30-35(32,33)25-11-7-4-8-12-25/h3-19,27,30H,1-2H3,(H,29,31). The Morgan fingerprint density at radius 2 is 1.43 bits per heavy atom. The Kier molecular flexibility index (Phi) is 7.58. The molecule has 5 nitrogen and oxygen atoms in total. The van der Waals surface area contributed by atoms with Gasteiger partial charge in [0.15, 0.2) is 0 Å². The van der Waals surface area contributed by atoms with Crippen LogP contribution in [0.3, 0.4) is 0 Å². The first-order chi connectivity index (χ1) is 16.8.